The number of nitrogens with two attached hydrogens (primary N) is 2. The highest BCUT2D eigenvalue weighted by atomic mass is 33.1. The fourth-order valence-electron chi connectivity index (χ4n) is 2.90. The SMILES string of the molecule is CC(C)(C)OC(=O)C(SSCC(N)C(=O)O)(C(C)(C)C)C(N)(C(=O)O)C(C)(C)C. The first-order valence-corrected chi connectivity index (χ1v) is 11.5. The van der Waals surface area contributed by atoms with E-state index in [1.54, 1.807) is 62.3 Å². The van der Waals surface area contributed by atoms with Crippen LogP contribution >= 0.6 is 21.6 Å². The second kappa shape index (κ2) is 9.03. The number of carbonyl (C=O) groups excluding carboxylic acids is 1. The molecule has 0 aromatic carbocycles. The van der Waals surface area contributed by atoms with Crippen molar-refractivity contribution in [2.75, 3.05) is 5.75 Å². The van der Waals surface area contributed by atoms with Crippen LogP contribution in [-0.2, 0) is 19.1 Å². The van der Waals surface area contributed by atoms with Crippen molar-refractivity contribution in [1.82, 2.24) is 0 Å². The Morgan fingerprint density at radius 1 is 0.931 bits per heavy atom. The third kappa shape index (κ3) is 5.80. The predicted molar refractivity (Wildman–Crippen MR) is 118 cm³/mol. The molecular weight excluding hydrogens is 416 g/mol. The first-order valence-electron chi connectivity index (χ1n) is 9.20. The maximum atomic E-state index is 13.6. The molecule has 0 fully saturated rings. The number of rotatable bonds is 8. The highest BCUT2D eigenvalue weighted by molar-refractivity contribution is 8.77. The smallest absolute Gasteiger partial charge is 0.326 e. The first kappa shape index (κ1) is 28.0. The molecule has 0 aromatic rings. The summed E-state index contributed by atoms with van der Waals surface area (Å²) < 4.78 is 3.90. The molecule has 0 bridgehead atoms. The maximum absolute atomic E-state index is 13.6. The molecular formula is C19H36N2O6S2. The van der Waals surface area contributed by atoms with Gasteiger partial charge in [0.15, 0.2) is 4.75 Å². The lowest BCUT2D eigenvalue weighted by Gasteiger charge is -2.55. The normalized spacial score (nSPS) is 18.3. The zero-order valence-corrected chi connectivity index (χ0v) is 20.4. The van der Waals surface area contributed by atoms with Crippen molar-refractivity contribution in [2.24, 2.45) is 22.3 Å². The van der Waals surface area contributed by atoms with Crippen LogP contribution in [0.25, 0.3) is 0 Å². The fourth-order valence-corrected chi connectivity index (χ4v) is 6.84. The summed E-state index contributed by atoms with van der Waals surface area (Å²) in [6.45, 7) is 15.2. The second-order valence-corrected chi connectivity index (χ2v) is 12.7. The van der Waals surface area contributed by atoms with Gasteiger partial charge in [-0.05, 0) is 31.6 Å². The van der Waals surface area contributed by atoms with Crippen molar-refractivity contribution >= 4 is 39.5 Å². The van der Waals surface area contributed by atoms with Crippen molar-refractivity contribution in [3.8, 4) is 0 Å². The Kier molecular flexibility index (Phi) is 8.73. The van der Waals surface area contributed by atoms with Gasteiger partial charge in [-0.1, -0.05) is 63.1 Å². The molecule has 0 aliphatic rings. The van der Waals surface area contributed by atoms with Crippen LogP contribution in [0.5, 0.6) is 0 Å². The minimum Gasteiger partial charge on any atom is -0.480 e. The van der Waals surface area contributed by atoms with E-state index in [0.29, 0.717) is 0 Å². The van der Waals surface area contributed by atoms with E-state index in [0.717, 1.165) is 21.6 Å². The number of hydrogen-bond donors (Lipinski definition) is 4. The van der Waals surface area contributed by atoms with Crippen LogP contribution in [0.2, 0.25) is 0 Å². The van der Waals surface area contributed by atoms with Gasteiger partial charge in [0.2, 0.25) is 0 Å². The van der Waals surface area contributed by atoms with Crippen LogP contribution in [0, 0.1) is 10.8 Å². The van der Waals surface area contributed by atoms with E-state index in [-0.39, 0.29) is 5.75 Å². The largest absolute Gasteiger partial charge is 0.480 e. The first-order chi connectivity index (χ1) is 12.6. The van der Waals surface area contributed by atoms with Gasteiger partial charge >= 0.3 is 17.9 Å². The van der Waals surface area contributed by atoms with E-state index in [9.17, 15) is 19.5 Å². The summed E-state index contributed by atoms with van der Waals surface area (Å²) >= 11 is 0. The lowest BCUT2D eigenvalue weighted by Crippen LogP contribution is -2.77. The van der Waals surface area contributed by atoms with Gasteiger partial charge in [0.25, 0.3) is 0 Å². The molecule has 0 aromatic heterocycles. The third-order valence-corrected chi connectivity index (χ3v) is 8.04. The molecule has 8 nitrogen and oxygen atoms in total. The molecule has 170 valence electrons. The Balaban J connectivity index is 6.75. The predicted octanol–water partition coefficient (Wildman–Crippen LogP) is 2.73. The monoisotopic (exact) mass is 452 g/mol. The Bertz CT molecular complexity index is 636. The fraction of sp³-hybridized carbons (Fsp3) is 0.842. The minimum absolute atomic E-state index is 0.0412. The second-order valence-electron chi connectivity index (χ2n) is 10.1. The van der Waals surface area contributed by atoms with Crippen LogP contribution in [-0.4, -0.2) is 55.8 Å². The molecule has 29 heavy (non-hydrogen) atoms. The summed E-state index contributed by atoms with van der Waals surface area (Å²) in [5.41, 5.74) is 7.23. The van der Waals surface area contributed by atoms with E-state index in [1.807, 2.05) is 0 Å². The highest BCUT2D eigenvalue weighted by Gasteiger charge is 2.71. The molecule has 0 saturated carbocycles. The molecule has 0 saturated heterocycles. The summed E-state index contributed by atoms with van der Waals surface area (Å²) in [5, 5.41) is 19.3. The maximum Gasteiger partial charge on any atom is 0.326 e. The van der Waals surface area contributed by atoms with Gasteiger partial charge in [-0.2, -0.15) is 0 Å². The zero-order valence-electron chi connectivity index (χ0n) is 18.8. The molecule has 3 unspecified atom stereocenters. The van der Waals surface area contributed by atoms with Crippen molar-refractivity contribution in [2.45, 2.75) is 84.2 Å². The summed E-state index contributed by atoms with van der Waals surface area (Å²) in [7, 11) is 1.93. The van der Waals surface area contributed by atoms with Crippen molar-refractivity contribution < 1.29 is 29.3 Å². The number of carboxylic acid groups (broad SMARTS) is 2. The molecule has 0 rings (SSSR count). The number of hydrogen-bond acceptors (Lipinski definition) is 8. The molecule has 0 heterocycles. The molecule has 0 amide bonds. The van der Waals surface area contributed by atoms with Crippen LogP contribution in [0.4, 0.5) is 0 Å². The zero-order chi connectivity index (χ0) is 23.6. The third-order valence-electron chi connectivity index (χ3n) is 4.57. The summed E-state index contributed by atoms with van der Waals surface area (Å²) in [4.78, 5) is 37.2. The molecule has 3 atom stereocenters. The lowest BCUT2D eigenvalue weighted by atomic mass is 9.58. The average molecular weight is 453 g/mol. The Morgan fingerprint density at radius 2 is 1.38 bits per heavy atom. The quantitative estimate of drug-likeness (QED) is 0.319. The van der Waals surface area contributed by atoms with Gasteiger partial charge in [-0.25, -0.2) is 0 Å². The topological polar surface area (TPSA) is 153 Å². The molecule has 0 aliphatic heterocycles. The van der Waals surface area contributed by atoms with E-state index in [1.165, 1.54) is 0 Å². The Morgan fingerprint density at radius 3 is 1.66 bits per heavy atom. The lowest BCUT2D eigenvalue weighted by molar-refractivity contribution is -0.174. The van der Waals surface area contributed by atoms with Crippen molar-refractivity contribution in [3.63, 3.8) is 0 Å². The van der Waals surface area contributed by atoms with E-state index < -0.39 is 50.7 Å². The Hall–Kier alpha value is -0.970. The van der Waals surface area contributed by atoms with Gasteiger partial charge < -0.3 is 26.4 Å². The van der Waals surface area contributed by atoms with Crippen LogP contribution in [0.15, 0.2) is 0 Å². The van der Waals surface area contributed by atoms with Gasteiger partial charge in [0, 0.05) is 5.75 Å². The van der Waals surface area contributed by atoms with Crippen molar-refractivity contribution in [3.05, 3.63) is 0 Å². The number of aliphatic carboxylic acids is 2. The highest BCUT2D eigenvalue weighted by Crippen LogP contribution is 2.58. The molecule has 6 N–H and O–H groups in total. The number of carboxylic acids is 2. The minimum atomic E-state index is -2.05. The van der Waals surface area contributed by atoms with Gasteiger partial charge in [0.05, 0.1) is 0 Å². The summed E-state index contributed by atoms with van der Waals surface area (Å²) in [5.74, 6) is -3.34. The van der Waals surface area contributed by atoms with Gasteiger partial charge in [-0.3, -0.25) is 14.4 Å². The van der Waals surface area contributed by atoms with Crippen LogP contribution in [0.3, 0.4) is 0 Å². The average Bonchev–Trinajstić information content (AvgIpc) is 2.45. The van der Waals surface area contributed by atoms with Crippen LogP contribution in [0.1, 0.15) is 62.3 Å². The van der Waals surface area contributed by atoms with Crippen LogP contribution < -0.4 is 11.5 Å². The molecule has 10 heteroatoms. The molecule has 0 spiro atoms. The number of esters is 1. The number of carbonyl (C=O) groups is 3. The molecule has 0 radical (unpaired) electrons. The summed E-state index contributed by atoms with van der Waals surface area (Å²) in [6.07, 6.45) is 0. The van der Waals surface area contributed by atoms with Gasteiger partial charge in [-0.15, -0.1) is 0 Å². The summed E-state index contributed by atoms with van der Waals surface area (Å²) in [6, 6.07) is -1.17. The van der Waals surface area contributed by atoms with Gasteiger partial charge in [0.1, 0.15) is 17.2 Å². The number of ether oxygens (including phenoxy) is 1. The Labute approximate surface area is 181 Å². The van der Waals surface area contributed by atoms with E-state index in [4.69, 9.17) is 21.3 Å². The van der Waals surface area contributed by atoms with E-state index >= 15 is 0 Å². The standard InChI is InChI=1S/C19H36N2O6S2/c1-15(2,3)18(21,13(24)25)19(16(4,5)6,14(26)27-17(7,8)9)29-28-10-11(20)12(22)23/h11H,10,20-21H2,1-9H3,(H,22,23)(H,24,25). The van der Waals surface area contributed by atoms with Crippen molar-refractivity contribution in [1.29, 1.82) is 0 Å². The molecule has 0 aliphatic carbocycles. The van der Waals surface area contributed by atoms with E-state index in [2.05, 4.69) is 0 Å².